The zero-order valence-corrected chi connectivity index (χ0v) is 21.3. The Balaban J connectivity index is 1.14. The monoisotopic (exact) mass is 490 g/mol. The van der Waals surface area contributed by atoms with Gasteiger partial charge in [-0.1, -0.05) is 42.5 Å². The molecule has 3 aromatic rings. The van der Waals surface area contributed by atoms with Crippen LogP contribution in [0.1, 0.15) is 42.6 Å². The number of amides is 1. The van der Waals surface area contributed by atoms with Crippen molar-refractivity contribution in [3.8, 4) is 5.75 Å². The number of carbonyl (C=O) groups is 1. The minimum atomic E-state index is 0.0557. The van der Waals surface area contributed by atoms with Crippen LogP contribution in [0, 0.1) is 11.8 Å². The summed E-state index contributed by atoms with van der Waals surface area (Å²) in [5.41, 5.74) is 2.54. The van der Waals surface area contributed by atoms with Gasteiger partial charge < -0.3 is 14.5 Å². The fourth-order valence-electron chi connectivity index (χ4n) is 5.33. The number of anilines is 1. The number of methoxy groups -OCH3 is 1. The molecule has 2 aliphatic rings. The molecule has 1 amide bonds. The Morgan fingerprint density at radius 2 is 1.83 bits per heavy atom. The summed E-state index contributed by atoms with van der Waals surface area (Å²) < 4.78 is 9.92. The number of benzene rings is 2. The highest BCUT2D eigenvalue weighted by Crippen LogP contribution is 2.29. The first-order valence-electron chi connectivity index (χ1n) is 12.7. The fourth-order valence-corrected chi connectivity index (χ4v) is 6.05. The minimum absolute atomic E-state index is 0.0557. The van der Waals surface area contributed by atoms with E-state index in [2.05, 4.69) is 50.6 Å². The Morgan fingerprint density at radius 1 is 1.03 bits per heavy atom. The second-order valence-electron chi connectivity index (χ2n) is 9.77. The minimum Gasteiger partial charge on any atom is -0.497 e. The Morgan fingerprint density at radius 3 is 2.63 bits per heavy atom. The molecule has 0 bridgehead atoms. The summed E-state index contributed by atoms with van der Waals surface area (Å²) in [6.07, 6.45) is 5.99. The maximum absolute atomic E-state index is 13.4. The molecule has 1 aromatic heterocycles. The van der Waals surface area contributed by atoms with Gasteiger partial charge in [-0.25, -0.2) is 4.98 Å². The van der Waals surface area contributed by atoms with Crippen molar-refractivity contribution in [2.24, 2.45) is 11.8 Å². The molecule has 2 saturated heterocycles. The highest BCUT2D eigenvalue weighted by Gasteiger charge is 2.32. The molecule has 0 N–H and O–H groups in total. The van der Waals surface area contributed by atoms with E-state index < -0.39 is 0 Å². The quantitative estimate of drug-likeness (QED) is 0.475. The lowest BCUT2D eigenvalue weighted by atomic mass is 9.89. The predicted molar refractivity (Wildman–Crippen MR) is 140 cm³/mol. The van der Waals surface area contributed by atoms with Gasteiger partial charge >= 0.3 is 0 Å². The van der Waals surface area contributed by atoms with E-state index in [1.54, 1.807) is 7.11 Å². The standard InChI is InChI=1S/C28H34N4O2S/c1-34-25-11-5-9-23(18-25)19-26-29-28(35-30-26)32-14-6-10-24(20-32)27(33)31-15-12-22(13-16-31)17-21-7-3-2-4-8-21/h2-5,7-9,11,18,22,24H,6,10,12-17,19-20H2,1H3. The first kappa shape index (κ1) is 23.8. The average Bonchev–Trinajstić information content (AvgIpc) is 3.38. The largest absolute Gasteiger partial charge is 0.497 e. The maximum Gasteiger partial charge on any atom is 0.227 e. The molecular weight excluding hydrogens is 456 g/mol. The molecule has 2 aromatic carbocycles. The van der Waals surface area contributed by atoms with Crippen molar-refractivity contribution in [3.05, 3.63) is 71.5 Å². The number of likely N-dealkylation sites (tertiary alicyclic amines) is 1. The number of hydrogen-bond acceptors (Lipinski definition) is 6. The maximum atomic E-state index is 13.4. The van der Waals surface area contributed by atoms with E-state index in [1.807, 2.05) is 18.2 Å². The zero-order chi connectivity index (χ0) is 24.0. The molecule has 184 valence electrons. The Hall–Kier alpha value is -2.93. The van der Waals surface area contributed by atoms with E-state index >= 15 is 0 Å². The molecule has 0 saturated carbocycles. The summed E-state index contributed by atoms with van der Waals surface area (Å²) in [5.74, 6) is 2.73. The molecule has 7 heteroatoms. The van der Waals surface area contributed by atoms with Crippen LogP contribution in [0.2, 0.25) is 0 Å². The number of aromatic nitrogens is 2. The molecule has 35 heavy (non-hydrogen) atoms. The lowest BCUT2D eigenvalue weighted by Crippen LogP contribution is -2.47. The van der Waals surface area contributed by atoms with E-state index in [0.29, 0.717) is 18.2 Å². The topological polar surface area (TPSA) is 58.6 Å². The number of piperidine rings is 2. The third kappa shape index (κ3) is 6.01. The molecular formula is C28H34N4O2S. The summed E-state index contributed by atoms with van der Waals surface area (Å²) in [5, 5.41) is 0.932. The summed E-state index contributed by atoms with van der Waals surface area (Å²) in [6, 6.07) is 18.8. The summed E-state index contributed by atoms with van der Waals surface area (Å²) >= 11 is 1.44. The first-order chi connectivity index (χ1) is 17.2. The van der Waals surface area contributed by atoms with Crippen molar-refractivity contribution in [1.29, 1.82) is 0 Å². The van der Waals surface area contributed by atoms with Crippen LogP contribution in [-0.2, 0) is 17.6 Å². The van der Waals surface area contributed by atoms with Gasteiger partial charge in [-0.05, 0) is 61.3 Å². The van der Waals surface area contributed by atoms with Crippen LogP contribution >= 0.6 is 11.5 Å². The third-order valence-corrected chi connectivity index (χ3v) is 8.10. The number of nitrogens with zero attached hydrogens (tertiary/aromatic N) is 4. The van der Waals surface area contributed by atoms with Crippen LogP contribution in [0.25, 0.3) is 0 Å². The van der Waals surface area contributed by atoms with Gasteiger partial charge in [-0.3, -0.25) is 4.79 Å². The number of rotatable bonds is 7. The van der Waals surface area contributed by atoms with Gasteiger partial charge in [0.25, 0.3) is 0 Å². The highest BCUT2D eigenvalue weighted by molar-refractivity contribution is 7.09. The third-order valence-electron chi connectivity index (χ3n) is 7.29. The van der Waals surface area contributed by atoms with Gasteiger partial charge in [0.15, 0.2) is 0 Å². The lowest BCUT2D eigenvalue weighted by Gasteiger charge is -2.37. The molecule has 2 fully saturated rings. The lowest BCUT2D eigenvalue weighted by molar-refractivity contribution is -0.137. The molecule has 1 unspecified atom stereocenters. The van der Waals surface area contributed by atoms with Gasteiger partial charge in [0.05, 0.1) is 13.0 Å². The number of hydrogen-bond donors (Lipinski definition) is 0. The van der Waals surface area contributed by atoms with Gasteiger partial charge in [0, 0.05) is 44.1 Å². The van der Waals surface area contributed by atoms with E-state index in [9.17, 15) is 4.79 Å². The number of ether oxygens (including phenoxy) is 1. The Bertz CT molecular complexity index is 1110. The highest BCUT2D eigenvalue weighted by atomic mass is 32.1. The number of carbonyl (C=O) groups excluding carboxylic acids is 1. The zero-order valence-electron chi connectivity index (χ0n) is 20.4. The van der Waals surface area contributed by atoms with Crippen molar-refractivity contribution in [1.82, 2.24) is 14.3 Å². The van der Waals surface area contributed by atoms with E-state index in [0.717, 1.165) is 80.6 Å². The van der Waals surface area contributed by atoms with E-state index in [1.165, 1.54) is 17.1 Å². The molecule has 6 nitrogen and oxygen atoms in total. The van der Waals surface area contributed by atoms with Crippen LogP contribution in [-0.4, -0.2) is 53.5 Å². The van der Waals surface area contributed by atoms with Crippen molar-refractivity contribution in [2.45, 2.75) is 38.5 Å². The Labute approximate surface area is 212 Å². The van der Waals surface area contributed by atoms with Crippen molar-refractivity contribution >= 4 is 22.6 Å². The van der Waals surface area contributed by atoms with Crippen molar-refractivity contribution < 1.29 is 9.53 Å². The summed E-state index contributed by atoms with van der Waals surface area (Å²) in [7, 11) is 1.68. The van der Waals surface area contributed by atoms with Crippen LogP contribution in [0.5, 0.6) is 5.75 Å². The predicted octanol–water partition coefficient (Wildman–Crippen LogP) is 4.84. The molecule has 3 heterocycles. The average molecular weight is 491 g/mol. The first-order valence-corrected chi connectivity index (χ1v) is 13.5. The smallest absolute Gasteiger partial charge is 0.227 e. The van der Waals surface area contributed by atoms with Gasteiger partial charge in [0.2, 0.25) is 11.0 Å². The van der Waals surface area contributed by atoms with Gasteiger partial charge in [-0.2, -0.15) is 4.37 Å². The van der Waals surface area contributed by atoms with Gasteiger partial charge in [0.1, 0.15) is 11.6 Å². The molecule has 0 radical (unpaired) electrons. The fraction of sp³-hybridized carbons (Fsp3) is 0.464. The molecule has 2 aliphatic heterocycles. The normalized spacial score (nSPS) is 19.1. The summed E-state index contributed by atoms with van der Waals surface area (Å²) in [6.45, 7) is 3.46. The van der Waals surface area contributed by atoms with Gasteiger partial charge in [-0.15, -0.1) is 0 Å². The van der Waals surface area contributed by atoms with Crippen LogP contribution in [0.3, 0.4) is 0 Å². The van der Waals surface area contributed by atoms with Crippen LogP contribution in [0.15, 0.2) is 54.6 Å². The van der Waals surface area contributed by atoms with Crippen LogP contribution in [0.4, 0.5) is 5.13 Å². The molecule has 1 atom stereocenters. The molecule has 0 aliphatic carbocycles. The molecule has 5 rings (SSSR count). The SMILES string of the molecule is COc1cccc(Cc2nsc(N3CCCC(C(=O)N4CCC(Cc5ccccc5)CC4)C3)n2)c1. The van der Waals surface area contributed by atoms with E-state index in [-0.39, 0.29) is 5.92 Å². The summed E-state index contributed by atoms with van der Waals surface area (Å²) in [4.78, 5) is 22.5. The Kier molecular flexibility index (Phi) is 7.62. The van der Waals surface area contributed by atoms with Crippen molar-refractivity contribution in [3.63, 3.8) is 0 Å². The second kappa shape index (κ2) is 11.2. The van der Waals surface area contributed by atoms with Crippen LogP contribution < -0.4 is 9.64 Å². The van der Waals surface area contributed by atoms with Crippen molar-refractivity contribution in [2.75, 3.05) is 38.2 Å². The second-order valence-corrected chi connectivity index (χ2v) is 10.5. The van der Waals surface area contributed by atoms with E-state index in [4.69, 9.17) is 9.72 Å². The molecule has 0 spiro atoms.